The highest BCUT2D eigenvalue weighted by Crippen LogP contribution is 2.13. The molecule has 5 heteroatoms. The SMILES string of the molecule is CCCCCCCCCCCCNC1CC(=O)N(C)C(=O)N1C. The number of nitrogens with one attached hydrogen (secondary N) is 1. The summed E-state index contributed by atoms with van der Waals surface area (Å²) in [5, 5.41) is 3.34. The van der Waals surface area contributed by atoms with Crippen LogP contribution in [0.1, 0.15) is 77.6 Å². The second-order valence-electron chi connectivity index (χ2n) is 6.70. The summed E-state index contributed by atoms with van der Waals surface area (Å²) in [6.07, 6.45) is 13.4. The van der Waals surface area contributed by atoms with Crippen LogP contribution in [0.2, 0.25) is 0 Å². The summed E-state index contributed by atoms with van der Waals surface area (Å²) in [6.45, 7) is 3.12. The zero-order valence-electron chi connectivity index (χ0n) is 15.3. The van der Waals surface area contributed by atoms with Crippen molar-refractivity contribution in [3.05, 3.63) is 0 Å². The van der Waals surface area contributed by atoms with Crippen molar-refractivity contribution in [2.75, 3.05) is 20.6 Å². The Hall–Kier alpha value is -1.10. The highest BCUT2D eigenvalue weighted by molar-refractivity contribution is 5.96. The van der Waals surface area contributed by atoms with Gasteiger partial charge in [0.1, 0.15) is 0 Å². The Kier molecular flexibility index (Phi) is 9.92. The van der Waals surface area contributed by atoms with Crippen molar-refractivity contribution in [2.24, 2.45) is 0 Å². The maximum absolute atomic E-state index is 11.8. The lowest BCUT2D eigenvalue weighted by atomic mass is 10.1. The minimum absolute atomic E-state index is 0.103. The largest absolute Gasteiger partial charge is 0.327 e. The average molecular weight is 325 g/mol. The Bertz CT molecular complexity index is 360. The van der Waals surface area contributed by atoms with E-state index in [0.29, 0.717) is 6.42 Å². The van der Waals surface area contributed by atoms with E-state index in [1.165, 1.54) is 62.7 Å². The molecule has 0 aromatic carbocycles. The molecule has 0 radical (unpaired) electrons. The molecule has 0 aliphatic carbocycles. The lowest BCUT2D eigenvalue weighted by molar-refractivity contribution is -0.131. The predicted octanol–water partition coefficient (Wildman–Crippen LogP) is 3.74. The van der Waals surface area contributed by atoms with Gasteiger partial charge in [-0.1, -0.05) is 64.7 Å². The van der Waals surface area contributed by atoms with Crippen LogP contribution in [0.4, 0.5) is 4.79 Å². The first-order chi connectivity index (χ1) is 11.1. The molecule has 0 saturated carbocycles. The smallest absolute Gasteiger partial charge is 0.311 e. The van der Waals surface area contributed by atoms with Gasteiger partial charge in [0.05, 0.1) is 12.6 Å². The van der Waals surface area contributed by atoms with E-state index in [4.69, 9.17) is 0 Å². The second kappa shape index (κ2) is 11.4. The van der Waals surface area contributed by atoms with Crippen LogP contribution < -0.4 is 5.32 Å². The monoisotopic (exact) mass is 325 g/mol. The van der Waals surface area contributed by atoms with Gasteiger partial charge in [0, 0.05) is 14.1 Å². The summed E-state index contributed by atoms with van der Waals surface area (Å²) in [4.78, 5) is 26.4. The Morgan fingerprint density at radius 2 is 1.43 bits per heavy atom. The molecule has 3 amide bonds. The molecule has 1 aliphatic heterocycles. The van der Waals surface area contributed by atoms with Gasteiger partial charge in [-0.3, -0.25) is 15.0 Å². The molecule has 1 N–H and O–H groups in total. The maximum Gasteiger partial charge on any atom is 0.327 e. The van der Waals surface area contributed by atoms with Gasteiger partial charge in [-0.05, 0) is 13.0 Å². The van der Waals surface area contributed by atoms with Gasteiger partial charge in [0.15, 0.2) is 0 Å². The first-order valence-corrected chi connectivity index (χ1v) is 9.34. The van der Waals surface area contributed by atoms with Gasteiger partial charge >= 0.3 is 6.03 Å². The van der Waals surface area contributed by atoms with Gasteiger partial charge in [-0.2, -0.15) is 0 Å². The highest BCUT2D eigenvalue weighted by atomic mass is 16.2. The van der Waals surface area contributed by atoms with Crippen LogP contribution in [0.5, 0.6) is 0 Å². The van der Waals surface area contributed by atoms with Crippen molar-refractivity contribution in [3.63, 3.8) is 0 Å². The number of amides is 3. The van der Waals surface area contributed by atoms with Gasteiger partial charge in [-0.15, -0.1) is 0 Å². The van der Waals surface area contributed by atoms with Crippen molar-refractivity contribution in [1.82, 2.24) is 15.1 Å². The highest BCUT2D eigenvalue weighted by Gasteiger charge is 2.33. The number of carbonyl (C=O) groups is 2. The maximum atomic E-state index is 11.8. The third kappa shape index (κ3) is 7.34. The summed E-state index contributed by atoms with van der Waals surface area (Å²) in [7, 11) is 3.29. The van der Waals surface area contributed by atoms with E-state index in [9.17, 15) is 9.59 Å². The van der Waals surface area contributed by atoms with Crippen molar-refractivity contribution >= 4 is 11.9 Å². The van der Waals surface area contributed by atoms with Crippen LogP contribution in [0.15, 0.2) is 0 Å². The number of hydrogen-bond acceptors (Lipinski definition) is 3. The summed E-state index contributed by atoms with van der Waals surface area (Å²) >= 11 is 0. The first-order valence-electron chi connectivity index (χ1n) is 9.34. The predicted molar refractivity (Wildman–Crippen MR) is 94.2 cm³/mol. The molecule has 0 aromatic heterocycles. The Morgan fingerprint density at radius 3 is 2.00 bits per heavy atom. The molecule has 1 fully saturated rings. The van der Waals surface area contributed by atoms with Crippen molar-refractivity contribution < 1.29 is 9.59 Å². The molecule has 1 aliphatic rings. The minimum Gasteiger partial charge on any atom is -0.311 e. The van der Waals surface area contributed by atoms with E-state index in [0.717, 1.165) is 13.0 Å². The standard InChI is InChI=1S/C18H35N3O2/c1-4-5-6-7-8-9-10-11-12-13-14-19-16-15-17(22)21(3)18(23)20(16)2/h16,19H,4-15H2,1-3H3. The van der Waals surface area contributed by atoms with E-state index in [1.54, 1.807) is 19.0 Å². The molecule has 0 spiro atoms. The Labute approximate surface area is 141 Å². The van der Waals surface area contributed by atoms with Crippen LogP contribution in [0.25, 0.3) is 0 Å². The van der Waals surface area contributed by atoms with Crippen molar-refractivity contribution in [2.45, 2.75) is 83.7 Å². The Balaban J connectivity index is 1.98. The van der Waals surface area contributed by atoms with Crippen LogP contribution >= 0.6 is 0 Å². The lowest BCUT2D eigenvalue weighted by Crippen LogP contribution is -2.58. The van der Waals surface area contributed by atoms with E-state index >= 15 is 0 Å². The zero-order valence-corrected chi connectivity index (χ0v) is 15.3. The fourth-order valence-electron chi connectivity index (χ4n) is 3.01. The Morgan fingerprint density at radius 1 is 0.913 bits per heavy atom. The molecule has 134 valence electrons. The molecule has 1 unspecified atom stereocenters. The molecule has 0 aromatic rings. The van der Waals surface area contributed by atoms with E-state index < -0.39 is 0 Å². The zero-order chi connectivity index (χ0) is 17.1. The second-order valence-corrected chi connectivity index (χ2v) is 6.70. The lowest BCUT2D eigenvalue weighted by Gasteiger charge is -2.36. The summed E-state index contributed by atoms with van der Waals surface area (Å²) < 4.78 is 0. The summed E-state index contributed by atoms with van der Waals surface area (Å²) in [6, 6.07) is -0.221. The molecule has 1 heterocycles. The van der Waals surface area contributed by atoms with Gasteiger partial charge in [-0.25, -0.2) is 4.79 Å². The van der Waals surface area contributed by atoms with Gasteiger partial charge in [0.2, 0.25) is 5.91 Å². The molecule has 1 rings (SSSR count). The number of carbonyl (C=O) groups excluding carboxylic acids is 2. The number of unbranched alkanes of at least 4 members (excludes halogenated alkanes) is 9. The number of imide groups is 1. The quantitative estimate of drug-likeness (QED) is 0.556. The molecular formula is C18H35N3O2. The third-order valence-electron chi connectivity index (χ3n) is 4.71. The summed E-state index contributed by atoms with van der Waals surface area (Å²) in [5.74, 6) is -0.103. The number of nitrogens with zero attached hydrogens (tertiary/aromatic N) is 2. The number of urea groups is 1. The number of hydrogen-bond donors (Lipinski definition) is 1. The van der Waals surface area contributed by atoms with Crippen LogP contribution in [-0.2, 0) is 4.79 Å². The van der Waals surface area contributed by atoms with Crippen LogP contribution in [0, 0.1) is 0 Å². The number of rotatable bonds is 12. The van der Waals surface area contributed by atoms with E-state index in [2.05, 4.69) is 12.2 Å². The van der Waals surface area contributed by atoms with E-state index in [1.807, 2.05) is 0 Å². The first kappa shape index (κ1) is 19.9. The fourth-order valence-corrected chi connectivity index (χ4v) is 3.01. The fraction of sp³-hybridized carbons (Fsp3) is 0.889. The van der Waals surface area contributed by atoms with Crippen molar-refractivity contribution in [1.29, 1.82) is 0 Å². The molecular weight excluding hydrogens is 290 g/mol. The molecule has 1 saturated heterocycles. The minimum atomic E-state index is -0.221. The molecule has 1 atom stereocenters. The van der Waals surface area contributed by atoms with Gasteiger partial charge in [0.25, 0.3) is 0 Å². The van der Waals surface area contributed by atoms with Crippen LogP contribution in [-0.4, -0.2) is 48.5 Å². The molecule has 0 bridgehead atoms. The van der Waals surface area contributed by atoms with Gasteiger partial charge < -0.3 is 4.90 Å². The third-order valence-corrected chi connectivity index (χ3v) is 4.71. The topological polar surface area (TPSA) is 52.7 Å². The average Bonchev–Trinajstić information content (AvgIpc) is 2.55. The normalized spacial score (nSPS) is 18.8. The van der Waals surface area contributed by atoms with Crippen LogP contribution in [0.3, 0.4) is 0 Å². The molecule has 23 heavy (non-hydrogen) atoms. The molecule has 5 nitrogen and oxygen atoms in total. The van der Waals surface area contributed by atoms with Crippen molar-refractivity contribution in [3.8, 4) is 0 Å². The summed E-state index contributed by atoms with van der Waals surface area (Å²) in [5.41, 5.74) is 0. The van der Waals surface area contributed by atoms with E-state index in [-0.39, 0.29) is 18.1 Å².